The Labute approximate surface area is 138 Å². The number of fused-ring (bicyclic) bond motifs is 1. The maximum Gasteiger partial charge on any atom is 0.235 e. The maximum absolute atomic E-state index is 6.23. The van der Waals surface area contributed by atoms with Gasteiger partial charge in [0.1, 0.15) is 5.69 Å². The SMILES string of the molecule is Clc1ccc(-c2nnc3sc(-c4cnccn4)nn23)c(Cl)c1. The molecular formula is C13H6Cl2N6S. The number of hydrogen-bond donors (Lipinski definition) is 0. The third-order valence-corrected chi connectivity index (χ3v) is 4.41. The highest BCUT2D eigenvalue weighted by molar-refractivity contribution is 7.19. The van der Waals surface area contributed by atoms with Crippen molar-refractivity contribution in [2.24, 2.45) is 0 Å². The van der Waals surface area contributed by atoms with Gasteiger partial charge in [-0.2, -0.15) is 9.61 Å². The quantitative estimate of drug-likeness (QED) is 0.553. The molecule has 1 aromatic carbocycles. The van der Waals surface area contributed by atoms with Gasteiger partial charge in [-0.05, 0) is 18.2 Å². The highest BCUT2D eigenvalue weighted by atomic mass is 35.5. The summed E-state index contributed by atoms with van der Waals surface area (Å²) >= 11 is 13.5. The number of halogens is 2. The number of nitrogens with zero attached hydrogens (tertiary/aromatic N) is 6. The van der Waals surface area contributed by atoms with Crippen molar-refractivity contribution in [2.45, 2.75) is 0 Å². The van der Waals surface area contributed by atoms with E-state index in [0.29, 0.717) is 31.5 Å². The Kier molecular flexibility index (Phi) is 3.25. The largest absolute Gasteiger partial charge is 0.261 e. The molecule has 108 valence electrons. The number of rotatable bonds is 2. The fourth-order valence-electron chi connectivity index (χ4n) is 1.97. The average Bonchev–Trinajstić information content (AvgIpc) is 3.09. The summed E-state index contributed by atoms with van der Waals surface area (Å²) in [6.45, 7) is 0. The van der Waals surface area contributed by atoms with Crippen LogP contribution >= 0.6 is 34.5 Å². The van der Waals surface area contributed by atoms with Crippen molar-refractivity contribution in [3.63, 3.8) is 0 Å². The molecule has 0 bridgehead atoms. The van der Waals surface area contributed by atoms with E-state index >= 15 is 0 Å². The van der Waals surface area contributed by atoms with E-state index in [2.05, 4.69) is 25.3 Å². The van der Waals surface area contributed by atoms with E-state index in [9.17, 15) is 0 Å². The predicted molar refractivity (Wildman–Crippen MR) is 85.1 cm³/mol. The molecule has 0 radical (unpaired) electrons. The summed E-state index contributed by atoms with van der Waals surface area (Å²) < 4.78 is 1.64. The lowest BCUT2D eigenvalue weighted by atomic mass is 10.2. The molecule has 0 saturated heterocycles. The lowest BCUT2D eigenvalue weighted by Crippen LogP contribution is -1.92. The monoisotopic (exact) mass is 348 g/mol. The first kappa shape index (κ1) is 13.6. The topological polar surface area (TPSA) is 68.9 Å². The molecule has 0 saturated carbocycles. The van der Waals surface area contributed by atoms with E-state index in [4.69, 9.17) is 23.2 Å². The third-order valence-electron chi connectivity index (χ3n) is 2.95. The summed E-state index contributed by atoms with van der Waals surface area (Å²) in [5.41, 5.74) is 1.40. The van der Waals surface area contributed by atoms with Crippen LogP contribution in [0.25, 0.3) is 27.1 Å². The van der Waals surface area contributed by atoms with Crippen LogP contribution in [0, 0.1) is 0 Å². The number of aromatic nitrogens is 6. The van der Waals surface area contributed by atoms with Gasteiger partial charge in [-0.3, -0.25) is 9.97 Å². The van der Waals surface area contributed by atoms with Gasteiger partial charge in [-0.1, -0.05) is 34.5 Å². The molecule has 4 rings (SSSR count). The second-order valence-corrected chi connectivity index (χ2v) is 6.14. The Hall–Kier alpha value is -2.09. The van der Waals surface area contributed by atoms with Gasteiger partial charge < -0.3 is 0 Å². The van der Waals surface area contributed by atoms with Crippen molar-refractivity contribution >= 4 is 39.5 Å². The lowest BCUT2D eigenvalue weighted by molar-refractivity contribution is 0.965. The highest BCUT2D eigenvalue weighted by Crippen LogP contribution is 2.31. The Morgan fingerprint density at radius 3 is 2.77 bits per heavy atom. The minimum absolute atomic E-state index is 0.496. The average molecular weight is 349 g/mol. The minimum atomic E-state index is 0.496. The fourth-order valence-corrected chi connectivity index (χ4v) is 3.26. The Morgan fingerprint density at radius 2 is 2.00 bits per heavy atom. The molecule has 0 unspecified atom stereocenters. The van der Waals surface area contributed by atoms with E-state index in [1.807, 2.05) is 0 Å². The van der Waals surface area contributed by atoms with Crippen molar-refractivity contribution in [2.75, 3.05) is 0 Å². The Balaban J connectivity index is 1.88. The molecule has 0 atom stereocenters. The number of benzene rings is 1. The molecule has 0 aliphatic heterocycles. The van der Waals surface area contributed by atoms with Crippen LogP contribution in [0.3, 0.4) is 0 Å². The normalized spacial score (nSPS) is 11.2. The van der Waals surface area contributed by atoms with Crippen LogP contribution in [0.15, 0.2) is 36.8 Å². The summed E-state index contributed by atoms with van der Waals surface area (Å²) in [5.74, 6) is 0.558. The van der Waals surface area contributed by atoms with Gasteiger partial charge in [0.15, 0.2) is 10.8 Å². The summed E-state index contributed by atoms with van der Waals surface area (Å²) in [6, 6.07) is 5.21. The molecular weight excluding hydrogens is 343 g/mol. The van der Waals surface area contributed by atoms with Gasteiger partial charge in [-0.15, -0.1) is 10.2 Å². The zero-order chi connectivity index (χ0) is 15.1. The Bertz CT molecular complexity index is 965. The zero-order valence-corrected chi connectivity index (χ0v) is 13.1. The minimum Gasteiger partial charge on any atom is -0.261 e. The second-order valence-electron chi connectivity index (χ2n) is 4.34. The van der Waals surface area contributed by atoms with E-state index in [1.165, 1.54) is 11.3 Å². The van der Waals surface area contributed by atoms with Gasteiger partial charge in [0, 0.05) is 23.0 Å². The molecule has 9 heteroatoms. The van der Waals surface area contributed by atoms with E-state index in [0.717, 1.165) is 5.56 Å². The van der Waals surface area contributed by atoms with Crippen LogP contribution in [-0.4, -0.2) is 29.8 Å². The summed E-state index contributed by atoms with van der Waals surface area (Å²) in [5, 5.41) is 14.6. The summed E-state index contributed by atoms with van der Waals surface area (Å²) in [4.78, 5) is 8.93. The molecule has 22 heavy (non-hydrogen) atoms. The third kappa shape index (κ3) is 2.23. The molecule has 0 fully saturated rings. The smallest absolute Gasteiger partial charge is 0.235 e. The van der Waals surface area contributed by atoms with E-state index in [1.54, 1.807) is 41.3 Å². The van der Waals surface area contributed by atoms with Crippen molar-refractivity contribution < 1.29 is 0 Å². The van der Waals surface area contributed by atoms with Crippen molar-refractivity contribution in [1.82, 2.24) is 29.8 Å². The first-order valence-corrected chi connectivity index (χ1v) is 7.73. The molecule has 0 amide bonds. The summed E-state index contributed by atoms with van der Waals surface area (Å²) in [7, 11) is 0. The van der Waals surface area contributed by atoms with Crippen LogP contribution in [-0.2, 0) is 0 Å². The molecule has 0 N–H and O–H groups in total. The van der Waals surface area contributed by atoms with Gasteiger partial charge in [0.25, 0.3) is 0 Å². The van der Waals surface area contributed by atoms with Gasteiger partial charge in [-0.25, -0.2) is 0 Å². The van der Waals surface area contributed by atoms with Crippen LogP contribution in [0.4, 0.5) is 0 Å². The summed E-state index contributed by atoms with van der Waals surface area (Å²) in [6.07, 6.45) is 4.89. The van der Waals surface area contributed by atoms with Gasteiger partial charge in [0.05, 0.1) is 11.2 Å². The van der Waals surface area contributed by atoms with Crippen molar-refractivity contribution in [3.8, 4) is 22.1 Å². The lowest BCUT2D eigenvalue weighted by Gasteiger charge is -2.01. The fraction of sp³-hybridized carbons (Fsp3) is 0. The van der Waals surface area contributed by atoms with Crippen LogP contribution in [0.2, 0.25) is 10.0 Å². The van der Waals surface area contributed by atoms with Gasteiger partial charge >= 0.3 is 0 Å². The standard InChI is InChI=1S/C13H6Cl2N6S/c14-7-1-2-8(9(15)5-7)11-18-19-13-21(11)20-12(22-13)10-6-16-3-4-17-10/h1-6H. The van der Waals surface area contributed by atoms with E-state index < -0.39 is 0 Å². The van der Waals surface area contributed by atoms with Crippen LogP contribution < -0.4 is 0 Å². The molecule has 4 aromatic rings. The van der Waals surface area contributed by atoms with Crippen molar-refractivity contribution in [3.05, 3.63) is 46.8 Å². The molecule has 0 spiro atoms. The van der Waals surface area contributed by atoms with Gasteiger partial charge in [0.2, 0.25) is 4.96 Å². The molecule has 3 heterocycles. The highest BCUT2D eigenvalue weighted by Gasteiger charge is 2.17. The first-order valence-electron chi connectivity index (χ1n) is 6.16. The van der Waals surface area contributed by atoms with Crippen LogP contribution in [0.5, 0.6) is 0 Å². The molecule has 3 aromatic heterocycles. The number of hydrogen-bond acceptors (Lipinski definition) is 6. The zero-order valence-electron chi connectivity index (χ0n) is 10.8. The molecule has 0 aliphatic rings. The predicted octanol–water partition coefficient (Wildman–Crippen LogP) is 3.62. The van der Waals surface area contributed by atoms with Crippen molar-refractivity contribution in [1.29, 1.82) is 0 Å². The first-order chi connectivity index (χ1) is 10.7. The second kappa shape index (κ2) is 5.28. The molecule has 0 aliphatic carbocycles. The molecule has 6 nitrogen and oxygen atoms in total. The maximum atomic E-state index is 6.23. The van der Waals surface area contributed by atoms with E-state index in [-0.39, 0.29) is 0 Å². The Morgan fingerprint density at radius 1 is 1.09 bits per heavy atom. The van der Waals surface area contributed by atoms with Crippen LogP contribution in [0.1, 0.15) is 0 Å².